The average Bonchev–Trinajstić information content (AvgIpc) is 3.28. The maximum atomic E-state index is 10.3. The zero-order chi connectivity index (χ0) is 19.7. The Kier molecular flexibility index (Phi) is 5.47. The minimum absolute atomic E-state index is 0.393. The zero-order valence-electron chi connectivity index (χ0n) is 15.1. The van der Waals surface area contributed by atoms with Gasteiger partial charge in [-0.2, -0.15) is 4.98 Å². The number of fused-ring (bicyclic) bond motifs is 1. The van der Waals surface area contributed by atoms with Crippen LogP contribution in [0.5, 0.6) is 0 Å². The van der Waals surface area contributed by atoms with Crippen molar-refractivity contribution in [1.29, 1.82) is 0 Å². The van der Waals surface area contributed by atoms with Gasteiger partial charge in [0.05, 0.1) is 12.9 Å². The Hall–Kier alpha value is -2.24. The molecule has 1 saturated heterocycles. The zero-order valence-corrected chi connectivity index (χ0v) is 16.0. The average molecular weight is 403 g/mol. The molecule has 9 nitrogen and oxygen atoms in total. The molecule has 1 aromatic carbocycles. The number of thioether (sulfide) groups is 1. The van der Waals surface area contributed by atoms with Crippen LogP contribution in [0.4, 0.5) is 5.95 Å². The van der Waals surface area contributed by atoms with Crippen molar-refractivity contribution in [1.82, 2.24) is 19.5 Å². The van der Waals surface area contributed by atoms with E-state index in [1.165, 1.54) is 18.1 Å². The number of aliphatic hydroxyl groups excluding tert-OH is 3. The van der Waals surface area contributed by atoms with Crippen LogP contribution >= 0.6 is 11.8 Å². The van der Waals surface area contributed by atoms with E-state index >= 15 is 0 Å². The summed E-state index contributed by atoms with van der Waals surface area (Å²) in [7, 11) is 1.72. The van der Waals surface area contributed by atoms with Gasteiger partial charge < -0.3 is 25.4 Å². The highest BCUT2D eigenvalue weighted by Crippen LogP contribution is 2.34. The number of anilines is 1. The smallest absolute Gasteiger partial charge is 0.225 e. The molecule has 4 N–H and O–H groups in total. The molecule has 28 heavy (non-hydrogen) atoms. The van der Waals surface area contributed by atoms with Gasteiger partial charge in [-0.1, -0.05) is 42.1 Å². The fraction of sp³-hybridized carbons (Fsp3) is 0.389. The molecule has 148 valence electrons. The minimum Gasteiger partial charge on any atom is -0.394 e. The summed E-state index contributed by atoms with van der Waals surface area (Å²) in [6.45, 7) is -0.393. The second-order valence-corrected chi connectivity index (χ2v) is 7.39. The number of ether oxygens (including phenoxy) is 1. The minimum atomic E-state index is -1.21. The SMILES string of the molecule is CNc1nc(SCc2ccccc2)c2ncn(C3OC(CO)C(O)C3O)c2n1. The third-order valence-corrected chi connectivity index (χ3v) is 5.66. The molecule has 1 aliphatic heterocycles. The van der Waals surface area contributed by atoms with E-state index in [1.54, 1.807) is 11.6 Å². The Morgan fingerprint density at radius 2 is 1.96 bits per heavy atom. The number of rotatable bonds is 6. The van der Waals surface area contributed by atoms with Crippen molar-refractivity contribution >= 4 is 28.9 Å². The molecular weight excluding hydrogens is 382 g/mol. The highest BCUT2D eigenvalue weighted by atomic mass is 32.2. The number of nitrogens with zero attached hydrogens (tertiary/aromatic N) is 4. The first-order valence-corrected chi connectivity index (χ1v) is 9.82. The molecule has 3 heterocycles. The van der Waals surface area contributed by atoms with Gasteiger partial charge >= 0.3 is 0 Å². The Bertz CT molecular complexity index is 954. The van der Waals surface area contributed by atoms with E-state index in [0.29, 0.717) is 22.1 Å². The van der Waals surface area contributed by atoms with Gasteiger partial charge in [0.25, 0.3) is 0 Å². The van der Waals surface area contributed by atoms with Crippen LogP contribution in [0.1, 0.15) is 11.8 Å². The quantitative estimate of drug-likeness (QED) is 0.349. The number of imidazole rings is 1. The fourth-order valence-electron chi connectivity index (χ4n) is 3.13. The van der Waals surface area contributed by atoms with Crippen molar-refractivity contribution in [3.8, 4) is 0 Å². The van der Waals surface area contributed by atoms with Crippen LogP contribution in [-0.2, 0) is 10.5 Å². The Labute approximate surface area is 165 Å². The lowest BCUT2D eigenvalue weighted by Crippen LogP contribution is -2.33. The van der Waals surface area contributed by atoms with Gasteiger partial charge in [-0.05, 0) is 5.56 Å². The summed E-state index contributed by atoms with van der Waals surface area (Å²) in [6, 6.07) is 10.0. The number of benzene rings is 1. The first-order chi connectivity index (χ1) is 13.6. The molecule has 0 radical (unpaired) electrons. The molecular formula is C18H21N5O4S. The molecule has 0 aliphatic carbocycles. The van der Waals surface area contributed by atoms with Gasteiger partial charge in [0.15, 0.2) is 11.9 Å². The predicted octanol–water partition coefficient (Wildman–Crippen LogP) is 0.772. The van der Waals surface area contributed by atoms with E-state index in [-0.39, 0.29) is 0 Å². The Morgan fingerprint density at radius 3 is 2.64 bits per heavy atom. The van der Waals surface area contributed by atoms with E-state index in [0.717, 1.165) is 11.3 Å². The standard InChI is InChI=1S/C18H21N5O4S/c1-19-18-21-15-12(16(22-18)28-8-10-5-3-2-4-6-10)20-9-23(15)17-14(26)13(25)11(7-24)27-17/h2-6,9,11,13-14,17,24-26H,7-8H2,1H3,(H,19,21,22). The molecule has 1 fully saturated rings. The van der Waals surface area contributed by atoms with E-state index in [4.69, 9.17) is 4.74 Å². The van der Waals surface area contributed by atoms with Crippen molar-refractivity contribution in [2.45, 2.75) is 35.3 Å². The number of aromatic nitrogens is 4. The topological polar surface area (TPSA) is 126 Å². The van der Waals surface area contributed by atoms with Crippen LogP contribution in [0.2, 0.25) is 0 Å². The molecule has 0 saturated carbocycles. The van der Waals surface area contributed by atoms with Crippen molar-refractivity contribution in [3.05, 3.63) is 42.2 Å². The van der Waals surface area contributed by atoms with Gasteiger partial charge in [-0.15, -0.1) is 0 Å². The number of nitrogens with one attached hydrogen (secondary N) is 1. The first kappa shape index (κ1) is 19.1. The molecule has 4 rings (SSSR count). The van der Waals surface area contributed by atoms with Crippen molar-refractivity contribution in [2.75, 3.05) is 19.0 Å². The highest BCUT2D eigenvalue weighted by molar-refractivity contribution is 7.98. The third-order valence-electron chi connectivity index (χ3n) is 4.62. The van der Waals surface area contributed by atoms with Crippen LogP contribution in [0.3, 0.4) is 0 Å². The van der Waals surface area contributed by atoms with E-state index in [9.17, 15) is 15.3 Å². The summed E-state index contributed by atoms with van der Waals surface area (Å²) in [4.78, 5) is 13.4. The molecule has 1 aliphatic rings. The Balaban J connectivity index is 1.69. The van der Waals surface area contributed by atoms with E-state index in [2.05, 4.69) is 20.3 Å². The molecule has 0 spiro atoms. The lowest BCUT2D eigenvalue weighted by atomic mass is 10.1. The van der Waals surface area contributed by atoms with Crippen molar-refractivity contribution < 1.29 is 20.1 Å². The van der Waals surface area contributed by atoms with Gasteiger partial charge in [-0.3, -0.25) is 4.57 Å². The summed E-state index contributed by atoms with van der Waals surface area (Å²) >= 11 is 1.54. The summed E-state index contributed by atoms with van der Waals surface area (Å²) in [5.41, 5.74) is 2.22. The first-order valence-electron chi connectivity index (χ1n) is 8.84. The van der Waals surface area contributed by atoms with Crippen molar-refractivity contribution in [3.63, 3.8) is 0 Å². The van der Waals surface area contributed by atoms with E-state index < -0.39 is 31.1 Å². The Morgan fingerprint density at radius 1 is 1.18 bits per heavy atom. The van der Waals surface area contributed by atoms with Crippen molar-refractivity contribution in [2.24, 2.45) is 0 Å². The fourth-order valence-corrected chi connectivity index (χ4v) is 4.05. The third kappa shape index (κ3) is 3.45. The van der Waals surface area contributed by atoms with Crippen LogP contribution < -0.4 is 5.32 Å². The second-order valence-electron chi connectivity index (χ2n) is 6.43. The molecule has 0 amide bonds. The van der Waals surface area contributed by atoms with E-state index in [1.807, 2.05) is 30.3 Å². The maximum Gasteiger partial charge on any atom is 0.225 e. The van der Waals surface area contributed by atoms with Gasteiger partial charge in [0, 0.05) is 12.8 Å². The number of aliphatic hydroxyl groups is 3. The molecule has 4 atom stereocenters. The second kappa shape index (κ2) is 8.02. The van der Waals surface area contributed by atoms with Gasteiger partial charge in [0.2, 0.25) is 5.95 Å². The molecule has 2 aromatic heterocycles. The number of hydrogen-bond acceptors (Lipinski definition) is 9. The lowest BCUT2D eigenvalue weighted by molar-refractivity contribution is -0.0511. The molecule has 3 aromatic rings. The molecule has 0 bridgehead atoms. The molecule has 10 heteroatoms. The summed E-state index contributed by atoms with van der Waals surface area (Å²) in [5, 5.41) is 33.3. The van der Waals surface area contributed by atoms with Crippen LogP contribution in [0.15, 0.2) is 41.7 Å². The summed E-state index contributed by atoms with van der Waals surface area (Å²) in [6.07, 6.45) is -2.65. The molecule has 4 unspecified atom stereocenters. The predicted molar refractivity (Wildman–Crippen MR) is 104 cm³/mol. The van der Waals surface area contributed by atoms with Crippen LogP contribution in [0, 0.1) is 0 Å². The lowest BCUT2D eigenvalue weighted by Gasteiger charge is -2.16. The largest absolute Gasteiger partial charge is 0.394 e. The van der Waals surface area contributed by atoms with Crippen LogP contribution in [0.25, 0.3) is 11.2 Å². The summed E-state index contributed by atoms with van der Waals surface area (Å²) in [5.74, 6) is 1.13. The summed E-state index contributed by atoms with van der Waals surface area (Å²) < 4.78 is 7.18. The van der Waals surface area contributed by atoms with Crippen LogP contribution in [-0.4, -0.2) is 66.8 Å². The monoisotopic (exact) mass is 403 g/mol. The van der Waals surface area contributed by atoms with Gasteiger partial charge in [-0.25, -0.2) is 9.97 Å². The normalized spacial score (nSPS) is 24.7. The highest BCUT2D eigenvalue weighted by Gasteiger charge is 2.44. The van der Waals surface area contributed by atoms with Gasteiger partial charge in [0.1, 0.15) is 28.9 Å². The maximum absolute atomic E-state index is 10.3. The number of hydrogen-bond donors (Lipinski definition) is 4.